The first-order chi connectivity index (χ1) is 7.02. The Morgan fingerprint density at radius 2 is 2.13 bits per heavy atom. The third kappa shape index (κ3) is 2.95. The number of aryl methyl sites for hydroxylation is 1. The van der Waals surface area contributed by atoms with Crippen LogP contribution in [-0.4, -0.2) is 12.0 Å². The highest BCUT2D eigenvalue weighted by atomic mass is 16.7. The maximum atomic E-state index is 11.6. The van der Waals surface area contributed by atoms with Crippen molar-refractivity contribution in [1.29, 1.82) is 0 Å². The maximum absolute atomic E-state index is 11.6. The third-order valence-corrected chi connectivity index (χ3v) is 1.96. The normalized spacial score (nSPS) is 10.4. The number of anilines is 1. The van der Waals surface area contributed by atoms with Gasteiger partial charge in [0.25, 0.3) is 5.91 Å². The predicted molar refractivity (Wildman–Crippen MR) is 59.3 cm³/mol. The van der Waals surface area contributed by atoms with Gasteiger partial charge in [-0.3, -0.25) is 9.63 Å². The SMILES string of the molecule is Cc1cccc(C(=O)NOC(C)C)c1N. The summed E-state index contributed by atoms with van der Waals surface area (Å²) in [6.45, 7) is 5.52. The average Bonchev–Trinajstić information content (AvgIpc) is 2.18. The van der Waals surface area contributed by atoms with Crippen molar-refractivity contribution in [2.24, 2.45) is 0 Å². The Morgan fingerprint density at radius 3 is 2.73 bits per heavy atom. The van der Waals surface area contributed by atoms with Crippen molar-refractivity contribution in [1.82, 2.24) is 5.48 Å². The molecule has 1 amide bonds. The van der Waals surface area contributed by atoms with Crippen LogP contribution in [0.2, 0.25) is 0 Å². The Morgan fingerprint density at radius 1 is 1.47 bits per heavy atom. The molecule has 0 fully saturated rings. The van der Waals surface area contributed by atoms with Gasteiger partial charge in [-0.15, -0.1) is 0 Å². The smallest absolute Gasteiger partial charge is 0.276 e. The fourth-order valence-corrected chi connectivity index (χ4v) is 1.11. The highest BCUT2D eigenvalue weighted by molar-refractivity contribution is 5.99. The van der Waals surface area contributed by atoms with Crippen molar-refractivity contribution in [2.75, 3.05) is 5.73 Å². The Bertz CT molecular complexity index is 362. The quantitative estimate of drug-likeness (QED) is 0.586. The lowest BCUT2D eigenvalue weighted by molar-refractivity contribution is 0.000244. The maximum Gasteiger partial charge on any atom is 0.276 e. The van der Waals surface area contributed by atoms with Crippen LogP contribution in [0.15, 0.2) is 18.2 Å². The molecule has 0 bridgehead atoms. The van der Waals surface area contributed by atoms with E-state index in [1.165, 1.54) is 0 Å². The molecule has 4 nitrogen and oxygen atoms in total. The Kier molecular flexibility index (Phi) is 3.68. The molecule has 0 aliphatic rings. The highest BCUT2D eigenvalue weighted by Crippen LogP contribution is 2.15. The van der Waals surface area contributed by atoms with Crippen LogP contribution in [0.25, 0.3) is 0 Å². The number of hydrogen-bond acceptors (Lipinski definition) is 3. The van der Waals surface area contributed by atoms with Gasteiger partial charge in [0.2, 0.25) is 0 Å². The molecule has 0 atom stereocenters. The summed E-state index contributed by atoms with van der Waals surface area (Å²) >= 11 is 0. The second kappa shape index (κ2) is 4.79. The second-order valence-corrected chi connectivity index (χ2v) is 3.63. The summed E-state index contributed by atoms with van der Waals surface area (Å²) in [4.78, 5) is 16.6. The minimum Gasteiger partial charge on any atom is -0.398 e. The number of carbonyl (C=O) groups excluding carboxylic acids is 1. The zero-order chi connectivity index (χ0) is 11.4. The van der Waals surface area contributed by atoms with E-state index in [9.17, 15) is 4.79 Å². The molecule has 3 N–H and O–H groups in total. The highest BCUT2D eigenvalue weighted by Gasteiger charge is 2.10. The van der Waals surface area contributed by atoms with E-state index in [0.717, 1.165) is 5.56 Å². The molecule has 4 heteroatoms. The van der Waals surface area contributed by atoms with Crippen LogP contribution < -0.4 is 11.2 Å². The number of hydrogen-bond donors (Lipinski definition) is 2. The lowest BCUT2D eigenvalue weighted by Crippen LogP contribution is -2.27. The Labute approximate surface area is 89.4 Å². The molecule has 0 unspecified atom stereocenters. The van der Waals surface area contributed by atoms with Crippen LogP contribution >= 0.6 is 0 Å². The van der Waals surface area contributed by atoms with Gasteiger partial charge >= 0.3 is 0 Å². The number of hydroxylamine groups is 1. The Hall–Kier alpha value is -1.55. The van der Waals surface area contributed by atoms with E-state index >= 15 is 0 Å². The molecule has 0 spiro atoms. The molecule has 1 aromatic rings. The minimum absolute atomic E-state index is 0.0556. The lowest BCUT2D eigenvalue weighted by Gasteiger charge is -2.10. The van der Waals surface area contributed by atoms with Crippen molar-refractivity contribution in [2.45, 2.75) is 26.9 Å². The van der Waals surface area contributed by atoms with Crippen molar-refractivity contribution in [3.8, 4) is 0 Å². The van der Waals surface area contributed by atoms with E-state index in [4.69, 9.17) is 10.6 Å². The van der Waals surface area contributed by atoms with Gasteiger partial charge in [0, 0.05) is 5.69 Å². The molecule has 0 aliphatic carbocycles. The molecule has 0 aliphatic heterocycles. The first kappa shape index (κ1) is 11.5. The van der Waals surface area contributed by atoms with Gasteiger partial charge in [0.15, 0.2) is 0 Å². The molecule has 0 saturated carbocycles. The van der Waals surface area contributed by atoms with Gasteiger partial charge in [-0.05, 0) is 32.4 Å². The first-order valence-corrected chi connectivity index (χ1v) is 4.83. The molecule has 0 aromatic heterocycles. The summed E-state index contributed by atoms with van der Waals surface area (Å²) in [5.74, 6) is -0.315. The van der Waals surface area contributed by atoms with Gasteiger partial charge in [0.1, 0.15) is 0 Å². The number of carbonyl (C=O) groups is 1. The molecule has 1 aromatic carbocycles. The minimum atomic E-state index is -0.315. The van der Waals surface area contributed by atoms with Crippen LogP contribution in [0.4, 0.5) is 5.69 Å². The monoisotopic (exact) mass is 208 g/mol. The van der Waals surface area contributed by atoms with E-state index in [1.54, 1.807) is 12.1 Å². The average molecular weight is 208 g/mol. The summed E-state index contributed by atoms with van der Waals surface area (Å²) < 4.78 is 0. The molecule has 82 valence electrons. The zero-order valence-electron chi connectivity index (χ0n) is 9.20. The van der Waals surface area contributed by atoms with E-state index < -0.39 is 0 Å². The summed E-state index contributed by atoms with van der Waals surface area (Å²) in [6.07, 6.45) is -0.0556. The van der Waals surface area contributed by atoms with Crippen LogP contribution in [-0.2, 0) is 4.84 Å². The Balaban J connectivity index is 2.78. The van der Waals surface area contributed by atoms with Gasteiger partial charge in [-0.2, -0.15) is 0 Å². The molecule has 0 saturated heterocycles. The summed E-state index contributed by atoms with van der Waals surface area (Å²) in [7, 11) is 0. The number of nitrogen functional groups attached to an aromatic ring is 1. The second-order valence-electron chi connectivity index (χ2n) is 3.63. The first-order valence-electron chi connectivity index (χ1n) is 4.83. The molecule has 15 heavy (non-hydrogen) atoms. The van der Waals surface area contributed by atoms with E-state index in [-0.39, 0.29) is 12.0 Å². The van der Waals surface area contributed by atoms with Crippen LogP contribution in [0, 0.1) is 6.92 Å². The fraction of sp³-hybridized carbons (Fsp3) is 0.364. The number of nitrogens with one attached hydrogen (secondary N) is 1. The zero-order valence-corrected chi connectivity index (χ0v) is 9.20. The topological polar surface area (TPSA) is 64.3 Å². The summed E-state index contributed by atoms with van der Waals surface area (Å²) in [5, 5.41) is 0. The van der Waals surface area contributed by atoms with Crippen molar-refractivity contribution < 1.29 is 9.63 Å². The molecule has 0 heterocycles. The number of benzene rings is 1. The standard InChI is InChI=1S/C11H16N2O2/c1-7(2)15-13-11(14)9-6-4-5-8(3)10(9)12/h4-7H,12H2,1-3H3,(H,13,14). The number of rotatable bonds is 3. The molecular weight excluding hydrogens is 192 g/mol. The number of amides is 1. The lowest BCUT2D eigenvalue weighted by atomic mass is 10.1. The van der Waals surface area contributed by atoms with E-state index in [1.807, 2.05) is 26.8 Å². The van der Waals surface area contributed by atoms with Gasteiger partial charge in [-0.1, -0.05) is 12.1 Å². The van der Waals surface area contributed by atoms with Crippen molar-refractivity contribution in [3.63, 3.8) is 0 Å². The van der Waals surface area contributed by atoms with Gasteiger partial charge in [0.05, 0.1) is 11.7 Å². The van der Waals surface area contributed by atoms with Crippen molar-refractivity contribution >= 4 is 11.6 Å². The fourth-order valence-electron chi connectivity index (χ4n) is 1.11. The molecule has 0 radical (unpaired) electrons. The largest absolute Gasteiger partial charge is 0.398 e. The summed E-state index contributed by atoms with van der Waals surface area (Å²) in [5.41, 5.74) is 9.93. The number of nitrogens with two attached hydrogens (primary N) is 1. The van der Waals surface area contributed by atoms with Gasteiger partial charge < -0.3 is 5.73 Å². The van der Waals surface area contributed by atoms with E-state index in [0.29, 0.717) is 11.3 Å². The molecular formula is C11H16N2O2. The van der Waals surface area contributed by atoms with Gasteiger partial charge in [-0.25, -0.2) is 5.48 Å². The van der Waals surface area contributed by atoms with Crippen LogP contribution in [0.5, 0.6) is 0 Å². The van der Waals surface area contributed by atoms with Crippen LogP contribution in [0.1, 0.15) is 29.8 Å². The van der Waals surface area contributed by atoms with E-state index in [2.05, 4.69) is 5.48 Å². The third-order valence-electron chi connectivity index (χ3n) is 1.96. The predicted octanol–water partition coefficient (Wildman–Crippen LogP) is 1.65. The molecule has 1 rings (SSSR count). The van der Waals surface area contributed by atoms with Crippen LogP contribution in [0.3, 0.4) is 0 Å². The van der Waals surface area contributed by atoms with Crippen molar-refractivity contribution in [3.05, 3.63) is 29.3 Å². The summed E-state index contributed by atoms with van der Waals surface area (Å²) in [6, 6.07) is 5.31. The number of para-hydroxylation sites is 1.